The molecule has 2 N–H and O–H groups in total. The van der Waals surface area contributed by atoms with Gasteiger partial charge in [0.15, 0.2) is 0 Å². The normalized spacial score (nSPS) is 16.1. The molecule has 0 unspecified atom stereocenters. The number of rotatable bonds is 4. The van der Waals surface area contributed by atoms with E-state index in [1.54, 1.807) is 6.07 Å². The van der Waals surface area contributed by atoms with Gasteiger partial charge in [0.1, 0.15) is 5.76 Å². The fourth-order valence-corrected chi connectivity index (χ4v) is 2.06. The average molecular weight is 274 g/mol. The third kappa shape index (κ3) is 4.66. The molecule has 1 aromatic heterocycles. The van der Waals surface area contributed by atoms with Gasteiger partial charge >= 0.3 is 0 Å². The zero-order chi connectivity index (χ0) is 12.1. The zero-order valence-electron chi connectivity index (χ0n) is 10.6. The minimum Gasteiger partial charge on any atom is -0.361 e. The van der Waals surface area contributed by atoms with Crippen molar-refractivity contribution in [1.82, 2.24) is 15.8 Å². The molecular formula is C12H20ClN3O2. The number of carbonyl (C=O) groups is 1. The number of hydrogen-bond donors (Lipinski definition) is 2. The standard InChI is InChI=1S/C12H19N3O2.ClH/c1-9-6-11(17-15-9)7-12(16)14-8-10-2-4-13-5-3-10;/h6,10,13H,2-5,7-8H2,1H3,(H,14,16);1H. The van der Waals surface area contributed by atoms with Gasteiger partial charge in [0.25, 0.3) is 0 Å². The smallest absolute Gasteiger partial charge is 0.227 e. The Morgan fingerprint density at radius 1 is 1.56 bits per heavy atom. The molecule has 6 heteroatoms. The first-order valence-electron chi connectivity index (χ1n) is 6.13. The Labute approximate surface area is 113 Å². The Balaban J connectivity index is 0.00000162. The van der Waals surface area contributed by atoms with Crippen molar-refractivity contribution in [3.05, 3.63) is 17.5 Å². The highest BCUT2D eigenvalue weighted by molar-refractivity contribution is 5.85. The topological polar surface area (TPSA) is 67.2 Å². The number of nitrogens with one attached hydrogen (secondary N) is 2. The van der Waals surface area contributed by atoms with Gasteiger partial charge in [-0.1, -0.05) is 5.16 Å². The Hall–Kier alpha value is -1.07. The summed E-state index contributed by atoms with van der Waals surface area (Å²) < 4.78 is 5.01. The van der Waals surface area contributed by atoms with Crippen LogP contribution in [0, 0.1) is 12.8 Å². The van der Waals surface area contributed by atoms with Gasteiger partial charge in [-0.25, -0.2) is 0 Å². The lowest BCUT2D eigenvalue weighted by Gasteiger charge is -2.22. The molecule has 1 aromatic rings. The van der Waals surface area contributed by atoms with E-state index in [1.165, 1.54) is 0 Å². The summed E-state index contributed by atoms with van der Waals surface area (Å²) >= 11 is 0. The van der Waals surface area contributed by atoms with Crippen LogP contribution in [0.15, 0.2) is 10.6 Å². The number of piperidine rings is 1. The van der Waals surface area contributed by atoms with Crippen LogP contribution in [0.3, 0.4) is 0 Å². The summed E-state index contributed by atoms with van der Waals surface area (Å²) in [7, 11) is 0. The van der Waals surface area contributed by atoms with E-state index in [2.05, 4.69) is 15.8 Å². The molecule has 0 bridgehead atoms. The number of aryl methyl sites for hydroxylation is 1. The van der Waals surface area contributed by atoms with Crippen molar-refractivity contribution in [2.45, 2.75) is 26.2 Å². The molecule has 18 heavy (non-hydrogen) atoms. The fourth-order valence-electron chi connectivity index (χ4n) is 2.06. The summed E-state index contributed by atoms with van der Waals surface area (Å²) in [5.74, 6) is 1.25. The van der Waals surface area contributed by atoms with Crippen LogP contribution >= 0.6 is 12.4 Å². The number of carbonyl (C=O) groups excluding carboxylic acids is 1. The highest BCUT2D eigenvalue weighted by Crippen LogP contribution is 2.10. The van der Waals surface area contributed by atoms with Crippen LogP contribution in [0.5, 0.6) is 0 Å². The van der Waals surface area contributed by atoms with Crippen molar-refractivity contribution in [3.63, 3.8) is 0 Å². The Morgan fingerprint density at radius 2 is 2.28 bits per heavy atom. The van der Waals surface area contributed by atoms with Crippen LogP contribution < -0.4 is 10.6 Å². The minimum absolute atomic E-state index is 0. The van der Waals surface area contributed by atoms with Gasteiger partial charge in [-0.15, -0.1) is 12.4 Å². The second kappa shape index (κ2) is 7.38. The molecule has 1 aliphatic rings. The highest BCUT2D eigenvalue weighted by Gasteiger charge is 2.14. The van der Waals surface area contributed by atoms with Crippen molar-refractivity contribution in [2.24, 2.45) is 5.92 Å². The van der Waals surface area contributed by atoms with E-state index in [1.807, 2.05) is 6.92 Å². The van der Waals surface area contributed by atoms with E-state index in [0.717, 1.165) is 38.2 Å². The molecule has 0 spiro atoms. The third-order valence-corrected chi connectivity index (χ3v) is 3.06. The lowest BCUT2D eigenvalue weighted by Crippen LogP contribution is -2.36. The molecule has 102 valence electrons. The second-order valence-corrected chi connectivity index (χ2v) is 4.61. The highest BCUT2D eigenvalue weighted by atomic mass is 35.5. The maximum Gasteiger partial charge on any atom is 0.227 e. The summed E-state index contributed by atoms with van der Waals surface area (Å²) in [5, 5.41) is 10.0. The van der Waals surface area contributed by atoms with Crippen molar-refractivity contribution >= 4 is 18.3 Å². The summed E-state index contributed by atoms with van der Waals surface area (Å²) in [6, 6.07) is 1.80. The van der Waals surface area contributed by atoms with Crippen LogP contribution in [-0.2, 0) is 11.2 Å². The first kappa shape index (κ1) is 15.0. The van der Waals surface area contributed by atoms with E-state index in [-0.39, 0.29) is 24.7 Å². The van der Waals surface area contributed by atoms with Crippen molar-refractivity contribution in [1.29, 1.82) is 0 Å². The molecule has 1 amide bonds. The van der Waals surface area contributed by atoms with Crippen LogP contribution in [-0.4, -0.2) is 30.7 Å². The largest absolute Gasteiger partial charge is 0.361 e. The van der Waals surface area contributed by atoms with Gasteiger partial charge in [-0.2, -0.15) is 0 Å². The average Bonchev–Trinajstić information content (AvgIpc) is 2.73. The molecule has 0 aliphatic carbocycles. The summed E-state index contributed by atoms with van der Waals surface area (Å²) in [5.41, 5.74) is 0.811. The summed E-state index contributed by atoms with van der Waals surface area (Å²) in [6.07, 6.45) is 2.56. The van der Waals surface area contributed by atoms with Crippen LogP contribution in [0.4, 0.5) is 0 Å². The van der Waals surface area contributed by atoms with Crippen LogP contribution in [0.1, 0.15) is 24.3 Å². The number of halogens is 1. The number of amides is 1. The van der Waals surface area contributed by atoms with Gasteiger partial charge in [0.2, 0.25) is 5.91 Å². The lowest BCUT2D eigenvalue weighted by atomic mass is 9.98. The monoisotopic (exact) mass is 273 g/mol. The summed E-state index contributed by atoms with van der Waals surface area (Å²) in [6.45, 7) is 4.73. The predicted molar refractivity (Wildman–Crippen MR) is 70.8 cm³/mol. The van der Waals surface area contributed by atoms with Crippen LogP contribution in [0.2, 0.25) is 0 Å². The molecule has 0 atom stereocenters. The second-order valence-electron chi connectivity index (χ2n) is 4.61. The molecule has 1 aliphatic heterocycles. The minimum atomic E-state index is 0. The Bertz CT molecular complexity index is 375. The maximum atomic E-state index is 11.6. The molecule has 5 nitrogen and oxygen atoms in total. The molecule has 2 heterocycles. The first-order chi connectivity index (χ1) is 8.24. The van der Waals surface area contributed by atoms with E-state index in [0.29, 0.717) is 11.7 Å². The predicted octanol–water partition coefficient (Wildman–Crippen LogP) is 1.06. The van der Waals surface area contributed by atoms with Gasteiger partial charge < -0.3 is 15.2 Å². The van der Waals surface area contributed by atoms with Crippen molar-refractivity contribution in [3.8, 4) is 0 Å². The van der Waals surface area contributed by atoms with Crippen molar-refractivity contribution < 1.29 is 9.32 Å². The lowest BCUT2D eigenvalue weighted by molar-refractivity contribution is -0.120. The maximum absolute atomic E-state index is 11.6. The first-order valence-corrected chi connectivity index (χ1v) is 6.13. The molecule has 0 saturated carbocycles. The molecular weight excluding hydrogens is 254 g/mol. The van der Waals surface area contributed by atoms with Crippen molar-refractivity contribution in [2.75, 3.05) is 19.6 Å². The fraction of sp³-hybridized carbons (Fsp3) is 0.667. The zero-order valence-corrected chi connectivity index (χ0v) is 11.4. The Kier molecular flexibility index (Phi) is 6.15. The van der Waals surface area contributed by atoms with E-state index < -0.39 is 0 Å². The summed E-state index contributed by atoms with van der Waals surface area (Å²) in [4.78, 5) is 11.6. The molecule has 2 rings (SSSR count). The van der Waals surface area contributed by atoms with E-state index >= 15 is 0 Å². The van der Waals surface area contributed by atoms with E-state index in [4.69, 9.17) is 4.52 Å². The van der Waals surface area contributed by atoms with Gasteiger partial charge in [-0.3, -0.25) is 4.79 Å². The van der Waals surface area contributed by atoms with E-state index in [9.17, 15) is 4.79 Å². The van der Waals surface area contributed by atoms with Gasteiger partial charge in [-0.05, 0) is 38.8 Å². The molecule has 1 saturated heterocycles. The number of aromatic nitrogens is 1. The SMILES string of the molecule is Cc1cc(CC(=O)NCC2CCNCC2)on1.Cl. The molecule has 0 aromatic carbocycles. The molecule has 0 radical (unpaired) electrons. The Morgan fingerprint density at radius 3 is 2.89 bits per heavy atom. The molecule has 1 fully saturated rings. The quantitative estimate of drug-likeness (QED) is 0.861. The third-order valence-electron chi connectivity index (χ3n) is 3.06. The van der Waals surface area contributed by atoms with Crippen LogP contribution in [0.25, 0.3) is 0 Å². The van der Waals surface area contributed by atoms with Gasteiger partial charge in [0, 0.05) is 12.6 Å². The van der Waals surface area contributed by atoms with Gasteiger partial charge in [0.05, 0.1) is 12.1 Å². The number of hydrogen-bond acceptors (Lipinski definition) is 4. The number of nitrogens with zero attached hydrogens (tertiary/aromatic N) is 1.